The molecule has 1 rings (SSSR count). The fourth-order valence-corrected chi connectivity index (χ4v) is 2.02. The molecule has 0 aliphatic carbocycles. The third-order valence-electron chi connectivity index (χ3n) is 2.57. The molecular weight excluding hydrogens is 282 g/mol. The molecule has 1 aromatic rings. The molecule has 0 aliphatic heterocycles. The molecule has 1 aromatic carbocycles. The highest BCUT2D eigenvalue weighted by Gasteiger charge is 2.06. The summed E-state index contributed by atoms with van der Waals surface area (Å²) in [6.07, 6.45) is 0.484. The first kappa shape index (κ1) is 14.0. The van der Waals surface area contributed by atoms with Gasteiger partial charge in [0.2, 0.25) is 5.91 Å². The maximum Gasteiger partial charge on any atom is 0.221 e. The number of hydrogen-bond donors (Lipinski definition) is 2. The van der Waals surface area contributed by atoms with E-state index in [1.165, 1.54) is 0 Å². The van der Waals surface area contributed by atoms with E-state index in [2.05, 4.69) is 21.2 Å². The summed E-state index contributed by atoms with van der Waals surface area (Å²) in [5.41, 5.74) is 7.76. The van der Waals surface area contributed by atoms with Gasteiger partial charge in [-0.05, 0) is 23.8 Å². The molecule has 0 bridgehead atoms. The second-order valence-corrected chi connectivity index (χ2v) is 4.78. The van der Waals surface area contributed by atoms with Crippen molar-refractivity contribution in [1.82, 2.24) is 5.32 Å². The van der Waals surface area contributed by atoms with Crippen LogP contribution in [0.2, 0.25) is 0 Å². The highest BCUT2D eigenvalue weighted by molar-refractivity contribution is 9.10. The van der Waals surface area contributed by atoms with Crippen LogP contribution in [0, 0.1) is 0 Å². The fraction of sp³-hybridized carbons (Fsp3) is 0.417. The Morgan fingerprint density at radius 2 is 2.18 bits per heavy atom. The molecule has 0 atom stereocenters. The smallest absolute Gasteiger partial charge is 0.221 e. The largest absolute Gasteiger partial charge is 0.374 e. The second kappa shape index (κ2) is 6.61. The topological polar surface area (TPSA) is 58.4 Å². The first-order chi connectivity index (χ1) is 8.06. The van der Waals surface area contributed by atoms with Crippen molar-refractivity contribution in [3.63, 3.8) is 0 Å². The molecule has 3 N–H and O–H groups in total. The lowest BCUT2D eigenvalue weighted by atomic mass is 10.2. The summed E-state index contributed by atoms with van der Waals surface area (Å²) >= 11 is 3.45. The summed E-state index contributed by atoms with van der Waals surface area (Å²) in [6, 6.07) is 6.05. The molecule has 0 heterocycles. The number of halogens is 1. The van der Waals surface area contributed by atoms with E-state index in [1.54, 1.807) is 7.05 Å². The van der Waals surface area contributed by atoms with Gasteiger partial charge in [0.1, 0.15) is 0 Å². The molecule has 0 unspecified atom stereocenters. The standard InChI is InChI=1S/C12H18BrN3O/c1-15-12(17)3-4-16(2)11-6-9(8-14)5-10(13)7-11/h5-7H,3-4,8,14H2,1-2H3,(H,15,17). The van der Waals surface area contributed by atoms with Gasteiger partial charge in [-0.2, -0.15) is 0 Å². The van der Waals surface area contributed by atoms with Crippen LogP contribution in [0.3, 0.4) is 0 Å². The zero-order valence-corrected chi connectivity index (χ0v) is 11.8. The lowest BCUT2D eigenvalue weighted by Crippen LogP contribution is -2.26. The van der Waals surface area contributed by atoms with Gasteiger partial charge in [0, 0.05) is 43.8 Å². The molecule has 0 aromatic heterocycles. The van der Waals surface area contributed by atoms with E-state index in [0.29, 0.717) is 19.5 Å². The Morgan fingerprint density at radius 3 is 2.76 bits per heavy atom. The zero-order chi connectivity index (χ0) is 12.8. The SMILES string of the molecule is CNC(=O)CCN(C)c1cc(Br)cc(CN)c1. The number of amides is 1. The summed E-state index contributed by atoms with van der Waals surface area (Å²) in [5, 5.41) is 2.61. The predicted octanol–water partition coefficient (Wildman–Crippen LogP) is 1.48. The van der Waals surface area contributed by atoms with Gasteiger partial charge < -0.3 is 16.0 Å². The Bertz CT molecular complexity index is 395. The zero-order valence-electron chi connectivity index (χ0n) is 10.2. The van der Waals surface area contributed by atoms with Crippen molar-refractivity contribution in [3.05, 3.63) is 28.2 Å². The van der Waals surface area contributed by atoms with Crippen LogP contribution in [0.4, 0.5) is 5.69 Å². The lowest BCUT2D eigenvalue weighted by Gasteiger charge is -2.20. The van der Waals surface area contributed by atoms with E-state index in [9.17, 15) is 4.79 Å². The molecule has 0 aliphatic rings. The molecular formula is C12H18BrN3O. The van der Waals surface area contributed by atoms with Gasteiger partial charge in [0.15, 0.2) is 0 Å². The van der Waals surface area contributed by atoms with E-state index in [1.807, 2.05) is 30.1 Å². The third-order valence-corrected chi connectivity index (χ3v) is 3.03. The monoisotopic (exact) mass is 299 g/mol. The van der Waals surface area contributed by atoms with Crippen molar-refractivity contribution in [1.29, 1.82) is 0 Å². The Kier molecular flexibility index (Phi) is 5.44. The number of anilines is 1. The van der Waals surface area contributed by atoms with Crippen LogP contribution in [-0.2, 0) is 11.3 Å². The van der Waals surface area contributed by atoms with Gasteiger partial charge in [-0.15, -0.1) is 0 Å². The van der Waals surface area contributed by atoms with Crippen molar-refractivity contribution in [2.45, 2.75) is 13.0 Å². The van der Waals surface area contributed by atoms with Crippen LogP contribution >= 0.6 is 15.9 Å². The molecule has 0 radical (unpaired) electrons. The Hall–Kier alpha value is -1.07. The summed E-state index contributed by atoms with van der Waals surface area (Å²) in [7, 11) is 3.61. The van der Waals surface area contributed by atoms with Gasteiger partial charge in [0.25, 0.3) is 0 Å². The number of hydrogen-bond acceptors (Lipinski definition) is 3. The van der Waals surface area contributed by atoms with Gasteiger partial charge in [-0.25, -0.2) is 0 Å². The number of nitrogens with zero attached hydrogens (tertiary/aromatic N) is 1. The fourth-order valence-electron chi connectivity index (χ4n) is 1.49. The normalized spacial score (nSPS) is 10.1. The third kappa shape index (κ3) is 4.36. The Labute approximate surface area is 110 Å². The van der Waals surface area contributed by atoms with Crippen molar-refractivity contribution < 1.29 is 4.79 Å². The Morgan fingerprint density at radius 1 is 1.47 bits per heavy atom. The maximum absolute atomic E-state index is 11.2. The van der Waals surface area contributed by atoms with Gasteiger partial charge >= 0.3 is 0 Å². The maximum atomic E-state index is 11.2. The average molecular weight is 300 g/mol. The summed E-state index contributed by atoms with van der Waals surface area (Å²) < 4.78 is 1.00. The molecule has 17 heavy (non-hydrogen) atoms. The molecule has 94 valence electrons. The van der Waals surface area contributed by atoms with Crippen molar-refractivity contribution in [2.24, 2.45) is 5.73 Å². The number of rotatable bonds is 5. The number of carbonyl (C=O) groups excluding carboxylic acids is 1. The highest BCUT2D eigenvalue weighted by atomic mass is 79.9. The van der Waals surface area contributed by atoms with Crippen LogP contribution in [0.25, 0.3) is 0 Å². The summed E-state index contributed by atoms with van der Waals surface area (Å²) in [4.78, 5) is 13.2. The van der Waals surface area contributed by atoms with Gasteiger partial charge in [-0.3, -0.25) is 4.79 Å². The van der Waals surface area contributed by atoms with Crippen LogP contribution in [0.5, 0.6) is 0 Å². The molecule has 0 saturated heterocycles. The minimum atomic E-state index is 0.0471. The van der Waals surface area contributed by atoms with E-state index in [0.717, 1.165) is 15.7 Å². The van der Waals surface area contributed by atoms with Crippen molar-refractivity contribution in [2.75, 3.05) is 25.5 Å². The second-order valence-electron chi connectivity index (χ2n) is 3.87. The molecule has 4 nitrogen and oxygen atoms in total. The van der Waals surface area contributed by atoms with E-state index in [4.69, 9.17) is 5.73 Å². The van der Waals surface area contributed by atoms with Crippen LogP contribution in [0.15, 0.2) is 22.7 Å². The van der Waals surface area contributed by atoms with Crippen LogP contribution in [0.1, 0.15) is 12.0 Å². The molecule has 1 amide bonds. The Balaban J connectivity index is 2.71. The van der Waals surface area contributed by atoms with Crippen LogP contribution < -0.4 is 16.0 Å². The number of benzene rings is 1. The lowest BCUT2D eigenvalue weighted by molar-refractivity contribution is -0.120. The highest BCUT2D eigenvalue weighted by Crippen LogP contribution is 2.22. The first-order valence-electron chi connectivity index (χ1n) is 5.48. The average Bonchev–Trinajstić information content (AvgIpc) is 2.34. The molecule has 0 saturated carbocycles. The van der Waals surface area contributed by atoms with Crippen molar-refractivity contribution >= 4 is 27.5 Å². The minimum Gasteiger partial charge on any atom is -0.374 e. The van der Waals surface area contributed by atoms with Gasteiger partial charge in [-0.1, -0.05) is 15.9 Å². The van der Waals surface area contributed by atoms with Gasteiger partial charge in [0.05, 0.1) is 0 Å². The quantitative estimate of drug-likeness (QED) is 0.866. The van der Waals surface area contributed by atoms with E-state index >= 15 is 0 Å². The summed E-state index contributed by atoms with van der Waals surface area (Å²) in [6.45, 7) is 1.19. The molecule has 0 spiro atoms. The number of nitrogens with one attached hydrogen (secondary N) is 1. The minimum absolute atomic E-state index is 0.0471. The van der Waals surface area contributed by atoms with E-state index < -0.39 is 0 Å². The molecule has 5 heteroatoms. The predicted molar refractivity (Wildman–Crippen MR) is 74.0 cm³/mol. The van der Waals surface area contributed by atoms with Crippen molar-refractivity contribution in [3.8, 4) is 0 Å². The number of carbonyl (C=O) groups is 1. The molecule has 0 fully saturated rings. The first-order valence-corrected chi connectivity index (χ1v) is 6.27. The van der Waals surface area contributed by atoms with Crippen LogP contribution in [-0.4, -0.2) is 26.5 Å². The summed E-state index contributed by atoms with van der Waals surface area (Å²) in [5.74, 6) is 0.0471. The number of nitrogens with two attached hydrogens (primary N) is 1. The van der Waals surface area contributed by atoms with E-state index in [-0.39, 0.29) is 5.91 Å².